The third-order valence-corrected chi connectivity index (χ3v) is 6.30. The lowest BCUT2D eigenvalue weighted by Crippen LogP contribution is -2.19. The molecule has 0 atom stereocenters. The van der Waals surface area contributed by atoms with Gasteiger partial charge in [0, 0.05) is 31.8 Å². The molecule has 2 aromatic heterocycles. The van der Waals surface area contributed by atoms with Crippen LogP contribution < -0.4 is 5.32 Å². The molecular formula is C25H12Cl3F6N3. The molecule has 2 heterocycles. The summed E-state index contributed by atoms with van der Waals surface area (Å²) in [4.78, 5) is 4.27. The smallest absolute Gasteiger partial charge is 0.340 e. The van der Waals surface area contributed by atoms with Gasteiger partial charge in [-0.3, -0.25) is 0 Å². The molecule has 0 saturated heterocycles. The van der Waals surface area contributed by atoms with Crippen LogP contribution in [0.5, 0.6) is 0 Å². The molecule has 12 heteroatoms. The molecule has 0 amide bonds. The van der Waals surface area contributed by atoms with Gasteiger partial charge in [0.15, 0.2) is 0 Å². The number of nitrogens with zero attached hydrogens (tertiary/aromatic N) is 2. The van der Waals surface area contributed by atoms with Crippen molar-refractivity contribution in [1.29, 1.82) is 0 Å². The molecular weight excluding hydrogens is 563 g/mol. The number of aromatic nitrogens is 2. The summed E-state index contributed by atoms with van der Waals surface area (Å²) in [5.41, 5.74) is -4.01. The van der Waals surface area contributed by atoms with Crippen LogP contribution in [0.4, 0.5) is 37.8 Å². The molecule has 0 radical (unpaired) electrons. The molecule has 0 bridgehead atoms. The SMILES string of the molecule is FC(F)(F)c1c(C(F)(F)F)n(-c2cccc(Cl)c2)c2c1c(Nc1ccc(Cl)cc1)nc1cc(Cl)ccc12. The first kappa shape index (κ1) is 25.5. The highest BCUT2D eigenvalue weighted by Gasteiger charge is 2.49. The second-order valence-corrected chi connectivity index (χ2v) is 9.32. The van der Waals surface area contributed by atoms with Gasteiger partial charge in [-0.05, 0) is 60.7 Å². The zero-order valence-electron chi connectivity index (χ0n) is 18.1. The monoisotopic (exact) mass is 573 g/mol. The van der Waals surface area contributed by atoms with Crippen LogP contribution in [-0.4, -0.2) is 9.55 Å². The van der Waals surface area contributed by atoms with Crippen molar-refractivity contribution in [3.8, 4) is 5.69 Å². The number of pyridine rings is 1. The van der Waals surface area contributed by atoms with Crippen molar-refractivity contribution < 1.29 is 26.3 Å². The molecule has 1 N–H and O–H groups in total. The zero-order chi connectivity index (χ0) is 26.7. The highest BCUT2D eigenvalue weighted by atomic mass is 35.5. The second kappa shape index (κ2) is 9.01. The fourth-order valence-corrected chi connectivity index (χ4v) is 4.69. The Labute approximate surface area is 220 Å². The van der Waals surface area contributed by atoms with Crippen LogP contribution >= 0.6 is 34.8 Å². The Morgan fingerprint density at radius 1 is 0.730 bits per heavy atom. The number of rotatable bonds is 3. The fourth-order valence-electron chi connectivity index (χ4n) is 4.21. The largest absolute Gasteiger partial charge is 0.432 e. The Morgan fingerprint density at radius 2 is 1.38 bits per heavy atom. The van der Waals surface area contributed by atoms with Crippen LogP contribution in [0.2, 0.25) is 15.1 Å². The van der Waals surface area contributed by atoms with Crippen molar-refractivity contribution in [3.63, 3.8) is 0 Å². The number of hydrogen-bond acceptors (Lipinski definition) is 2. The van der Waals surface area contributed by atoms with E-state index in [2.05, 4.69) is 10.3 Å². The van der Waals surface area contributed by atoms with E-state index in [1.165, 1.54) is 60.7 Å². The molecule has 0 aliphatic carbocycles. The molecule has 0 saturated carbocycles. The Morgan fingerprint density at radius 3 is 2.00 bits per heavy atom. The number of nitrogens with one attached hydrogen (secondary N) is 1. The van der Waals surface area contributed by atoms with Gasteiger partial charge in [0.05, 0.1) is 22.0 Å². The van der Waals surface area contributed by atoms with E-state index in [1.54, 1.807) is 0 Å². The standard InChI is InChI=1S/C25H12Cl3F6N3/c26-12-4-7-15(8-5-12)35-23-19-20(24(29,30)31)22(25(32,33)34)37(16-3-1-2-13(27)10-16)21(19)17-9-6-14(28)11-18(17)36-23/h1-11H,(H,35,36). The maximum Gasteiger partial charge on any atom is 0.432 e. The number of alkyl halides is 6. The summed E-state index contributed by atoms with van der Waals surface area (Å²) >= 11 is 18.0. The Bertz CT molecular complexity index is 1660. The lowest BCUT2D eigenvalue weighted by molar-refractivity contribution is -0.164. The summed E-state index contributed by atoms with van der Waals surface area (Å²) in [6.45, 7) is 0. The van der Waals surface area contributed by atoms with Crippen molar-refractivity contribution >= 4 is 68.1 Å². The van der Waals surface area contributed by atoms with Crippen LogP contribution in [0, 0.1) is 0 Å². The van der Waals surface area contributed by atoms with Gasteiger partial charge in [-0.2, -0.15) is 26.3 Å². The Hall–Kier alpha value is -3.14. The molecule has 0 spiro atoms. The minimum Gasteiger partial charge on any atom is -0.340 e. The van der Waals surface area contributed by atoms with Gasteiger partial charge in [0.2, 0.25) is 0 Å². The fraction of sp³-hybridized carbons (Fsp3) is 0.0800. The summed E-state index contributed by atoms with van der Waals surface area (Å²) in [6.07, 6.45) is -10.8. The van der Waals surface area contributed by atoms with Crippen molar-refractivity contribution in [2.75, 3.05) is 5.32 Å². The molecule has 0 fully saturated rings. The first-order chi connectivity index (χ1) is 17.3. The number of halogens is 9. The molecule has 0 aliphatic rings. The Kier molecular flexibility index (Phi) is 6.21. The summed E-state index contributed by atoms with van der Waals surface area (Å²) in [7, 11) is 0. The van der Waals surface area contributed by atoms with Gasteiger partial charge in [-0.25, -0.2) is 4.98 Å². The highest BCUT2D eigenvalue weighted by molar-refractivity contribution is 6.32. The maximum absolute atomic E-state index is 14.5. The van der Waals surface area contributed by atoms with Crippen LogP contribution in [0.15, 0.2) is 66.7 Å². The average molecular weight is 575 g/mol. The number of benzene rings is 3. The lowest BCUT2D eigenvalue weighted by atomic mass is 10.1. The van der Waals surface area contributed by atoms with Gasteiger partial charge in [0.25, 0.3) is 0 Å². The van der Waals surface area contributed by atoms with Gasteiger partial charge < -0.3 is 9.88 Å². The molecule has 5 aromatic rings. The van der Waals surface area contributed by atoms with E-state index in [9.17, 15) is 26.3 Å². The van der Waals surface area contributed by atoms with Crippen molar-refractivity contribution in [2.45, 2.75) is 12.4 Å². The van der Waals surface area contributed by atoms with Crippen molar-refractivity contribution in [1.82, 2.24) is 9.55 Å². The zero-order valence-corrected chi connectivity index (χ0v) is 20.4. The molecule has 3 nitrogen and oxygen atoms in total. The summed E-state index contributed by atoms with van der Waals surface area (Å²) < 4.78 is 87.6. The van der Waals surface area contributed by atoms with Crippen LogP contribution in [0.3, 0.4) is 0 Å². The van der Waals surface area contributed by atoms with E-state index in [4.69, 9.17) is 34.8 Å². The summed E-state index contributed by atoms with van der Waals surface area (Å²) in [6, 6.07) is 15.1. The molecule has 5 rings (SSSR count). The van der Waals surface area contributed by atoms with Gasteiger partial charge in [-0.15, -0.1) is 0 Å². The molecule has 0 aliphatic heterocycles. The predicted molar refractivity (Wildman–Crippen MR) is 133 cm³/mol. The first-order valence-electron chi connectivity index (χ1n) is 10.4. The molecule has 37 heavy (non-hydrogen) atoms. The molecule has 3 aromatic carbocycles. The topological polar surface area (TPSA) is 29.9 Å². The number of anilines is 2. The minimum absolute atomic E-state index is 0.0297. The van der Waals surface area contributed by atoms with Gasteiger partial charge >= 0.3 is 12.4 Å². The maximum atomic E-state index is 14.5. The van der Waals surface area contributed by atoms with Crippen molar-refractivity contribution in [2.24, 2.45) is 0 Å². The third-order valence-electron chi connectivity index (χ3n) is 5.58. The van der Waals surface area contributed by atoms with Gasteiger partial charge in [-0.1, -0.05) is 40.9 Å². The van der Waals surface area contributed by atoms with Crippen LogP contribution in [0.1, 0.15) is 11.3 Å². The lowest BCUT2D eigenvalue weighted by Gasteiger charge is -2.16. The van der Waals surface area contributed by atoms with E-state index in [0.717, 1.165) is 6.07 Å². The van der Waals surface area contributed by atoms with Crippen LogP contribution in [0.25, 0.3) is 27.5 Å². The molecule has 190 valence electrons. The van der Waals surface area contributed by atoms with E-state index in [-0.39, 0.29) is 37.8 Å². The normalized spacial score (nSPS) is 12.5. The summed E-state index contributed by atoms with van der Waals surface area (Å²) in [5, 5.41) is 2.60. The number of hydrogen-bond donors (Lipinski definition) is 1. The van der Waals surface area contributed by atoms with Crippen LogP contribution in [-0.2, 0) is 12.4 Å². The second-order valence-electron chi connectivity index (χ2n) is 8.01. The highest BCUT2D eigenvalue weighted by Crippen LogP contribution is 2.50. The molecule has 0 unspecified atom stereocenters. The average Bonchev–Trinajstić information content (AvgIpc) is 3.18. The van der Waals surface area contributed by atoms with E-state index >= 15 is 0 Å². The van der Waals surface area contributed by atoms with Gasteiger partial charge in [0.1, 0.15) is 11.5 Å². The number of fused-ring (bicyclic) bond motifs is 3. The predicted octanol–water partition coefficient (Wildman–Crippen LogP) is 9.92. The van der Waals surface area contributed by atoms with E-state index in [1.807, 2.05) is 0 Å². The van der Waals surface area contributed by atoms with E-state index < -0.39 is 34.8 Å². The quantitative estimate of drug-likeness (QED) is 0.217. The first-order valence-corrected chi connectivity index (χ1v) is 11.6. The van der Waals surface area contributed by atoms with Crippen molar-refractivity contribution in [3.05, 3.63) is 93.1 Å². The third kappa shape index (κ3) is 4.67. The Balaban J connectivity index is 2.03. The van der Waals surface area contributed by atoms with E-state index in [0.29, 0.717) is 9.59 Å². The minimum atomic E-state index is -5.40. The summed E-state index contributed by atoms with van der Waals surface area (Å²) in [5.74, 6) is -0.439.